The molecule has 33 heavy (non-hydrogen) atoms. The van der Waals surface area contributed by atoms with Crippen LogP contribution < -0.4 is 0 Å². The van der Waals surface area contributed by atoms with Crippen LogP contribution in [0.5, 0.6) is 0 Å². The molecule has 0 atom stereocenters. The van der Waals surface area contributed by atoms with E-state index in [4.69, 9.17) is 4.98 Å². The molecular weight excluding hydrogens is 414 g/mol. The van der Waals surface area contributed by atoms with Crippen molar-refractivity contribution in [3.63, 3.8) is 0 Å². The minimum absolute atomic E-state index is 0.0346. The topological polar surface area (TPSA) is 105 Å². The van der Waals surface area contributed by atoms with Crippen molar-refractivity contribution in [3.8, 4) is 22.5 Å². The molecule has 0 radical (unpaired) electrons. The van der Waals surface area contributed by atoms with Crippen LogP contribution in [-0.2, 0) is 19.6 Å². The Labute approximate surface area is 191 Å². The molecule has 0 saturated carbocycles. The summed E-state index contributed by atoms with van der Waals surface area (Å²) < 4.78 is 2.19. The predicted molar refractivity (Wildman–Crippen MR) is 126 cm³/mol. The molecule has 3 aromatic heterocycles. The summed E-state index contributed by atoms with van der Waals surface area (Å²) in [5.41, 5.74) is 6.75. The number of unbranched alkanes of at least 4 members (excludes halogenated alkanes) is 1. The van der Waals surface area contributed by atoms with E-state index in [9.17, 15) is 5.11 Å². The van der Waals surface area contributed by atoms with Crippen molar-refractivity contribution >= 4 is 11.2 Å². The molecular formula is C25H25N7O. The summed E-state index contributed by atoms with van der Waals surface area (Å²) >= 11 is 0. The van der Waals surface area contributed by atoms with E-state index >= 15 is 0 Å². The lowest BCUT2D eigenvalue weighted by Crippen LogP contribution is -2.06. The van der Waals surface area contributed by atoms with Crippen molar-refractivity contribution in [1.82, 2.24) is 35.2 Å². The van der Waals surface area contributed by atoms with Gasteiger partial charge >= 0.3 is 0 Å². The lowest BCUT2D eigenvalue weighted by atomic mass is 9.98. The highest BCUT2D eigenvalue weighted by Gasteiger charge is 2.14. The molecule has 0 fully saturated rings. The van der Waals surface area contributed by atoms with Crippen LogP contribution in [0.25, 0.3) is 33.7 Å². The zero-order valence-electron chi connectivity index (χ0n) is 18.4. The van der Waals surface area contributed by atoms with Gasteiger partial charge in [-0.05, 0) is 45.2 Å². The van der Waals surface area contributed by atoms with Crippen LogP contribution in [0, 0.1) is 0 Å². The molecule has 0 aliphatic carbocycles. The number of aliphatic hydroxyl groups excluding tert-OH is 1. The number of fused-ring (bicyclic) bond motifs is 1. The number of aliphatic hydroxyl groups is 1. The van der Waals surface area contributed by atoms with Gasteiger partial charge in [0.1, 0.15) is 11.3 Å². The standard InChI is InChI=1S/C25H25N7O/c1-2-3-8-23-27-22-13-18(16-33)14-26-25(22)32(23)15-17-9-11-19(12-10-17)20-6-4-5-7-21(20)24-28-30-31-29-24/h4-7,9-14,33H,2-3,8,15-16H2,1H3,(H,28,29,30,31). The van der Waals surface area contributed by atoms with E-state index in [-0.39, 0.29) is 6.61 Å². The van der Waals surface area contributed by atoms with Gasteiger partial charge in [-0.1, -0.05) is 61.9 Å². The zero-order valence-corrected chi connectivity index (χ0v) is 18.4. The second kappa shape index (κ2) is 9.30. The number of aryl methyl sites for hydroxylation is 1. The number of imidazole rings is 1. The van der Waals surface area contributed by atoms with Gasteiger partial charge in [0.15, 0.2) is 11.5 Å². The van der Waals surface area contributed by atoms with Gasteiger partial charge in [-0.15, -0.1) is 5.10 Å². The van der Waals surface area contributed by atoms with Crippen LogP contribution in [0.3, 0.4) is 0 Å². The Balaban J connectivity index is 1.47. The predicted octanol–water partition coefficient (Wildman–Crippen LogP) is 4.16. The fourth-order valence-corrected chi connectivity index (χ4v) is 4.06. The molecule has 3 heterocycles. The van der Waals surface area contributed by atoms with Gasteiger partial charge in [0, 0.05) is 18.2 Å². The SMILES string of the molecule is CCCCc1nc2cc(CO)cnc2n1Cc1ccc(-c2ccccc2-c2nnn[nH]2)cc1. The molecule has 2 aromatic carbocycles. The van der Waals surface area contributed by atoms with Gasteiger partial charge in [-0.2, -0.15) is 0 Å². The third kappa shape index (κ3) is 4.25. The van der Waals surface area contributed by atoms with E-state index in [0.29, 0.717) is 12.4 Å². The molecule has 0 amide bonds. The number of pyridine rings is 1. The molecule has 0 bridgehead atoms. The summed E-state index contributed by atoms with van der Waals surface area (Å²) in [6, 6.07) is 18.5. The van der Waals surface area contributed by atoms with E-state index in [1.165, 1.54) is 5.56 Å². The highest BCUT2D eigenvalue weighted by atomic mass is 16.3. The Morgan fingerprint density at radius 3 is 2.55 bits per heavy atom. The van der Waals surface area contributed by atoms with Gasteiger partial charge in [0.2, 0.25) is 0 Å². The first-order valence-corrected chi connectivity index (χ1v) is 11.1. The number of aromatic amines is 1. The second-order valence-corrected chi connectivity index (χ2v) is 8.05. The molecule has 2 N–H and O–H groups in total. The highest BCUT2D eigenvalue weighted by molar-refractivity contribution is 5.80. The number of hydrogen-bond acceptors (Lipinski definition) is 6. The van der Waals surface area contributed by atoms with E-state index in [1.807, 2.05) is 24.3 Å². The average molecular weight is 440 g/mol. The number of hydrogen-bond donors (Lipinski definition) is 2. The number of aromatic nitrogens is 7. The Morgan fingerprint density at radius 1 is 1.00 bits per heavy atom. The van der Waals surface area contributed by atoms with E-state index in [0.717, 1.165) is 58.5 Å². The lowest BCUT2D eigenvalue weighted by molar-refractivity contribution is 0.281. The van der Waals surface area contributed by atoms with Crippen LogP contribution in [0.15, 0.2) is 60.8 Å². The summed E-state index contributed by atoms with van der Waals surface area (Å²) in [7, 11) is 0. The van der Waals surface area contributed by atoms with Crippen molar-refractivity contribution in [3.05, 3.63) is 77.7 Å². The fourth-order valence-electron chi connectivity index (χ4n) is 4.06. The normalized spacial score (nSPS) is 11.3. The maximum Gasteiger partial charge on any atom is 0.180 e. The summed E-state index contributed by atoms with van der Waals surface area (Å²) in [5, 5.41) is 23.8. The van der Waals surface area contributed by atoms with Crippen molar-refractivity contribution in [2.45, 2.75) is 39.3 Å². The molecule has 166 valence electrons. The van der Waals surface area contributed by atoms with E-state index < -0.39 is 0 Å². The summed E-state index contributed by atoms with van der Waals surface area (Å²) in [5.74, 6) is 1.68. The molecule has 8 nitrogen and oxygen atoms in total. The molecule has 0 saturated heterocycles. The minimum atomic E-state index is -0.0346. The average Bonchev–Trinajstić information content (AvgIpc) is 3.51. The Kier molecular flexibility index (Phi) is 5.91. The maximum atomic E-state index is 9.46. The molecule has 8 heteroatoms. The van der Waals surface area contributed by atoms with Gasteiger partial charge < -0.3 is 9.67 Å². The molecule has 5 aromatic rings. The molecule has 0 aliphatic rings. The molecule has 0 aliphatic heterocycles. The van der Waals surface area contributed by atoms with Crippen molar-refractivity contribution in [2.75, 3.05) is 0 Å². The van der Waals surface area contributed by atoms with Crippen LogP contribution in [0.4, 0.5) is 0 Å². The van der Waals surface area contributed by atoms with E-state index in [2.05, 4.69) is 67.4 Å². The summed E-state index contributed by atoms with van der Waals surface area (Å²) in [4.78, 5) is 9.43. The number of nitrogens with zero attached hydrogens (tertiary/aromatic N) is 6. The summed E-state index contributed by atoms with van der Waals surface area (Å²) in [6.07, 6.45) is 4.80. The smallest absolute Gasteiger partial charge is 0.180 e. The molecule has 0 unspecified atom stereocenters. The number of rotatable bonds is 8. The van der Waals surface area contributed by atoms with E-state index in [1.54, 1.807) is 6.20 Å². The zero-order chi connectivity index (χ0) is 22.6. The van der Waals surface area contributed by atoms with Crippen molar-refractivity contribution in [1.29, 1.82) is 0 Å². The monoisotopic (exact) mass is 439 g/mol. The first kappa shape index (κ1) is 21.0. The quantitative estimate of drug-likeness (QED) is 0.376. The number of nitrogens with one attached hydrogen (secondary N) is 1. The van der Waals surface area contributed by atoms with Gasteiger partial charge in [0.25, 0.3) is 0 Å². The minimum Gasteiger partial charge on any atom is -0.392 e. The maximum absolute atomic E-state index is 9.46. The third-order valence-electron chi connectivity index (χ3n) is 5.79. The van der Waals surface area contributed by atoms with Gasteiger partial charge in [-0.3, -0.25) is 0 Å². The third-order valence-corrected chi connectivity index (χ3v) is 5.79. The first-order valence-electron chi connectivity index (χ1n) is 11.1. The number of benzene rings is 2. The van der Waals surface area contributed by atoms with Gasteiger partial charge in [-0.25, -0.2) is 15.1 Å². The fraction of sp³-hybridized carbons (Fsp3) is 0.240. The van der Waals surface area contributed by atoms with Crippen LogP contribution >= 0.6 is 0 Å². The Hall–Kier alpha value is -3.91. The lowest BCUT2D eigenvalue weighted by Gasteiger charge is -2.11. The largest absolute Gasteiger partial charge is 0.392 e. The van der Waals surface area contributed by atoms with Crippen LogP contribution in [-0.4, -0.2) is 40.3 Å². The Morgan fingerprint density at radius 2 is 1.82 bits per heavy atom. The molecule has 0 spiro atoms. The van der Waals surface area contributed by atoms with Crippen LogP contribution in [0.1, 0.15) is 36.7 Å². The number of H-pyrrole nitrogens is 1. The number of tetrazole rings is 1. The van der Waals surface area contributed by atoms with Gasteiger partial charge in [0.05, 0.1) is 13.2 Å². The Bertz CT molecular complexity index is 1360. The summed E-state index contributed by atoms with van der Waals surface area (Å²) in [6.45, 7) is 2.84. The molecule has 5 rings (SSSR count). The van der Waals surface area contributed by atoms with Crippen molar-refractivity contribution < 1.29 is 5.11 Å². The van der Waals surface area contributed by atoms with Crippen LogP contribution in [0.2, 0.25) is 0 Å². The highest BCUT2D eigenvalue weighted by Crippen LogP contribution is 2.30. The first-order chi connectivity index (χ1) is 16.3. The second-order valence-electron chi connectivity index (χ2n) is 8.05. The van der Waals surface area contributed by atoms with Crippen molar-refractivity contribution in [2.24, 2.45) is 0 Å².